The van der Waals surface area contributed by atoms with Gasteiger partial charge in [-0.15, -0.1) is 0 Å². The molecule has 0 aliphatic rings. The van der Waals surface area contributed by atoms with Crippen LogP contribution in [-0.2, 0) is 5.60 Å². The number of aromatic nitrogens is 4. The number of hydrogen-bond acceptors (Lipinski definition) is 4. The first-order valence-electron chi connectivity index (χ1n) is 6.68. The minimum absolute atomic E-state index is 0.0323. The molecule has 0 saturated carbocycles. The maximum Gasteiger partial charge on any atom is 0.224 e. The molecule has 0 radical (unpaired) electrons. The van der Waals surface area contributed by atoms with Gasteiger partial charge >= 0.3 is 0 Å². The third-order valence-corrected chi connectivity index (χ3v) is 3.61. The Morgan fingerprint density at radius 2 is 2.00 bits per heavy atom. The molecule has 3 aromatic heterocycles. The molecule has 0 aliphatic carbocycles. The molecule has 3 rings (SSSR count). The average Bonchev–Trinajstić information content (AvgIpc) is 2.69. The van der Waals surface area contributed by atoms with E-state index in [4.69, 9.17) is 11.6 Å². The van der Waals surface area contributed by atoms with Crippen LogP contribution in [0.15, 0.2) is 24.4 Å². The Hall–Kier alpha value is -2.05. The highest BCUT2D eigenvalue weighted by molar-refractivity contribution is 6.28. The Kier molecular flexibility index (Phi) is 3.38. The van der Waals surface area contributed by atoms with Crippen LogP contribution in [0.1, 0.15) is 25.2 Å². The van der Waals surface area contributed by atoms with E-state index in [1.165, 1.54) is 6.20 Å². The molecule has 0 fully saturated rings. The fourth-order valence-electron chi connectivity index (χ4n) is 2.30. The Balaban J connectivity index is 2.31. The molecule has 3 heterocycles. The van der Waals surface area contributed by atoms with Crippen LogP contribution in [-0.4, -0.2) is 24.6 Å². The second kappa shape index (κ2) is 5.00. The van der Waals surface area contributed by atoms with Gasteiger partial charge in [-0.1, -0.05) is 6.07 Å². The number of rotatable bonds is 2. The van der Waals surface area contributed by atoms with Gasteiger partial charge in [0.25, 0.3) is 0 Å². The lowest BCUT2D eigenvalue weighted by Gasteiger charge is -2.17. The lowest BCUT2D eigenvalue weighted by Crippen LogP contribution is -2.18. The van der Waals surface area contributed by atoms with Crippen LogP contribution in [0.25, 0.3) is 16.9 Å². The van der Waals surface area contributed by atoms with Gasteiger partial charge in [0.05, 0.1) is 16.8 Å². The monoisotopic (exact) mass is 320 g/mol. The van der Waals surface area contributed by atoms with Crippen molar-refractivity contribution in [2.45, 2.75) is 26.4 Å². The zero-order valence-corrected chi connectivity index (χ0v) is 13.1. The van der Waals surface area contributed by atoms with Crippen molar-refractivity contribution in [1.82, 2.24) is 19.5 Å². The van der Waals surface area contributed by atoms with E-state index in [2.05, 4.69) is 15.0 Å². The molecular formula is C15H14ClFN4O. The van der Waals surface area contributed by atoms with Gasteiger partial charge in [-0.2, -0.15) is 4.98 Å². The molecule has 0 atom stereocenters. The third kappa shape index (κ3) is 2.34. The molecule has 5 nitrogen and oxygen atoms in total. The molecule has 22 heavy (non-hydrogen) atoms. The first-order valence-corrected chi connectivity index (χ1v) is 7.06. The number of hydrogen-bond donors (Lipinski definition) is 1. The highest BCUT2D eigenvalue weighted by Gasteiger charge is 2.21. The van der Waals surface area contributed by atoms with Crippen molar-refractivity contribution in [1.29, 1.82) is 0 Å². The summed E-state index contributed by atoms with van der Waals surface area (Å²) in [6.07, 6.45) is 1.35. The van der Waals surface area contributed by atoms with E-state index in [9.17, 15) is 9.50 Å². The van der Waals surface area contributed by atoms with Gasteiger partial charge in [0, 0.05) is 6.20 Å². The van der Waals surface area contributed by atoms with Crippen LogP contribution in [0, 0.1) is 12.7 Å². The van der Waals surface area contributed by atoms with Crippen LogP contribution >= 0.6 is 11.6 Å². The molecule has 0 aliphatic heterocycles. The van der Waals surface area contributed by atoms with Crippen molar-refractivity contribution in [2.24, 2.45) is 0 Å². The molecule has 0 bridgehead atoms. The maximum atomic E-state index is 14.3. The second-order valence-electron chi connectivity index (χ2n) is 5.55. The van der Waals surface area contributed by atoms with Crippen molar-refractivity contribution >= 4 is 22.6 Å². The topological polar surface area (TPSA) is 63.8 Å². The molecule has 1 N–H and O–H groups in total. The number of fused-ring (bicyclic) bond motifs is 1. The summed E-state index contributed by atoms with van der Waals surface area (Å²) >= 11 is 5.83. The summed E-state index contributed by atoms with van der Waals surface area (Å²) in [4.78, 5) is 12.3. The predicted octanol–water partition coefficient (Wildman–Crippen LogP) is 3.14. The van der Waals surface area contributed by atoms with Crippen LogP contribution in [0.5, 0.6) is 0 Å². The zero-order valence-electron chi connectivity index (χ0n) is 12.3. The fourth-order valence-corrected chi connectivity index (χ4v) is 2.43. The summed E-state index contributed by atoms with van der Waals surface area (Å²) < 4.78 is 15.9. The van der Waals surface area contributed by atoms with Crippen LogP contribution in [0.2, 0.25) is 5.28 Å². The fraction of sp³-hybridized carbons (Fsp3) is 0.267. The van der Waals surface area contributed by atoms with E-state index >= 15 is 0 Å². The Bertz CT molecular complexity index is 870. The van der Waals surface area contributed by atoms with Gasteiger partial charge in [0.1, 0.15) is 11.4 Å². The summed E-state index contributed by atoms with van der Waals surface area (Å²) in [7, 11) is 0. The summed E-state index contributed by atoms with van der Waals surface area (Å²) in [6.45, 7) is 4.90. The molecule has 0 saturated heterocycles. The summed E-state index contributed by atoms with van der Waals surface area (Å²) in [5, 5.41) is 10.4. The number of nitrogens with zero attached hydrogens (tertiary/aromatic N) is 4. The van der Waals surface area contributed by atoms with Crippen molar-refractivity contribution in [3.63, 3.8) is 0 Å². The standard InChI is InChI=1S/C15H14ClFN4O/c1-8-12(17)9-7-18-14(16)20-13(9)21(8)11-6-4-5-10(19-11)15(2,3)22/h4-7,22H,1-3H3. The summed E-state index contributed by atoms with van der Waals surface area (Å²) in [6, 6.07) is 5.18. The van der Waals surface area contributed by atoms with Crippen LogP contribution < -0.4 is 0 Å². The number of pyridine rings is 1. The first-order chi connectivity index (χ1) is 10.3. The molecule has 3 aromatic rings. The van der Waals surface area contributed by atoms with Crippen molar-refractivity contribution in [3.8, 4) is 5.82 Å². The molecule has 0 unspecified atom stereocenters. The zero-order chi connectivity index (χ0) is 16.1. The highest BCUT2D eigenvalue weighted by Crippen LogP contribution is 2.27. The normalized spacial score (nSPS) is 12.1. The van der Waals surface area contributed by atoms with Gasteiger partial charge in [0.15, 0.2) is 11.5 Å². The Labute approximate surface area is 131 Å². The van der Waals surface area contributed by atoms with Gasteiger partial charge in [-0.05, 0) is 44.5 Å². The molecular weight excluding hydrogens is 307 g/mol. The lowest BCUT2D eigenvalue weighted by atomic mass is 10.1. The van der Waals surface area contributed by atoms with E-state index < -0.39 is 11.4 Å². The smallest absolute Gasteiger partial charge is 0.224 e. The Morgan fingerprint density at radius 1 is 1.27 bits per heavy atom. The predicted molar refractivity (Wildman–Crippen MR) is 81.6 cm³/mol. The van der Waals surface area contributed by atoms with E-state index in [0.717, 1.165) is 0 Å². The molecule has 0 spiro atoms. The average molecular weight is 321 g/mol. The molecule has 7 heteroatoms. The molecule has 0 amide bonds. The lowest BCUT2D eigenvalue weighted by molar-refractivity contribution is 0.0738. The second-order valence-corrected chi connectivity index (χ2v) is 5.89. The number of halogens is 2. The van der Waals surface area contributed by atoms with E-state index in [1.54, 1.807) is 43.5 Å². The third-order valence-electron chi connectivity index (χ3n) is 3.43. The summed E-state index contributed by atoms with van der Waals surface area (Å²) in [5.41, 5.74) is 0.0760. The minimum atomic E-state index is -1.10. The first kappa shape index (κ1) is 14.9. The highest BCUT2D eigenvalue weighted by atomic mass is 35.5. The quantitative estimate of drug-likeness (QED) is 0.737. The van der Waals surface area contributed by atoms with Gasteiger partial charge in [-0.25, -0.2) is 14.4 Å². The molecule has 0 aromatic carbocycles. The summed E-state index contributed by atoms with van der Waals surface area (Å²) in [5.74, 6) is 0.0444. The van der Waals surface area contributed by atoms with Crippen molar-refractivity contribution < 1.29 is 9.50 Å². The van der Waals surface area contributed by atoms with Crippen molar-refractivity contribution in [3.05, 3.63) is 46.9 Å². The van der Waals surface area contributed by atoms with E-state index in [0.29, 0.717) is 22.9 Å². The van der Waals surface area contributed by atoms with Gasteiger partial charge < -0.3 is 5.11 Å². The molecule has 114 valence electrons. The Morgan fingerprint density at radius 3 is 2.68 bits per heavy atom. The van der Waals surface area contributed by atoms with Crippen molar-refractivity contribution in [2.75, 3.05) is 0 Å². The van der Waals surface area contributed by atoms with E-state index in [1.807, 2.05) is 0 Å². The number of aliphatic hydroxyl groups is 1. The largest absolute Gasteiger partial charge is 0.384 e. The SMILES string of the molecule is Cc1c(F)c2cnc(Cl)nc2n1-c1cccc(C(C)(C)O)n1. The van der Waals surface area contributed by atoms with Crippen LogP contribution in [0.3, 0.4) is 0 Å². The minimum Gasteiger partial charge on any atom is -0.384 e. The maximum absolute atomic E-state index is 14.3. The van der Waals surface area contributed by atoms with Crippen LogP contribution in [0.4, 0.5) is 4.39 Å². The van der Waals surface area contributed by atoms with E-state index in [-0.39, 0.29) is 10.7 Å². The van der Waals surface area contributed by atoms with Gasteiger partial charge in [0.2, 0.25) is 5.28 Å². The van der Waals surface area contributed by atoms with Gasteiger partial charge in [-0.3, -0.25) is 4.57 Å².